The molecule has 0 radical (unpaired) electrons. The molecule has 9 heavy (non-hydrogen) atoms. The molecule has 0 saturated heterocycles. The van der Waals surface area contributed by atoms with Gasteiger partial charge in [-0.3, -0.25) is 22.1 Å². The molecule has 0 aliphatic heterocycles. The van der Waals surface area contributed by atoms with E-state index in [2.05, 4.69) is 17.2 Å². The number of nitrogens with two attached hydrogens (primary N) is 2. The van der Waals surface area contributed by atoms with Crippen molar-refractivity contribution in [3.63, 3.8) is 0 Å². The van der Waals surface area contributed by atoms with E-state index >= 15 is 0 Å². The second-order valence-corrected chi connectivity index (χ2v) is 1.79. The van der Waals surface area contributed by atoms with Crippen LogP contribution in [0.5, 0.6) is 0 Å². The third kappa shape index (κ3) is 4.11. The molecule has 4 heteroatoms. The van der Waals surface area contributed by atoms with Crippen LogP contribution in [-0.4, -0.2) is 19.5 Å². The van der Waals surface area contributed by atoms with Crippen molar-refractivity contribution in [3.8, 4) is 0 Å². The van der Waals surface area contributed by atoms with Gasteiger partial charge in [0.2, 0.25) is 0 Å². The van der Waals surface area contributed by atoms with E-state index in [1.165, 1.54) is 0 Å². The minimum atomic E-state index is -0.978. The Morgan fingerprint density at radius 1 is 1.67 bits per heavy atom. The molecule has 0 amide bonds. The van der Waals surface area contributed by atoms with Crippen LogP contribution in [0.15, 0.2) is 12.7 Å². The van der Waals surface area contributed by atoms with Crippen LogP contribution in [-0.2, 0) is 0 Å². The van der Waals surface area contributed by atoms with Gasteiger partial charge < -0.3 is 0 Å². The van der Waals surface area contributed by atoms with Crippen molar-refractivity contribution < 1.29 is 0 Å². The molecule has 0 aromatic heterocycles. The highest BCUT2D eigenvalue weighted by Crippen LogP contribution is 1.72. The van der Waals surface area contributed by atoms with E-state index in [4.69, 9.17) is 11.5 Å². The summed E-state index contributed by atoms with van der Waals surface area (Å²) in [6, 6.07) is 0. The maximum atomic E-state index is 5.41. The number of nitrogens with one attached hydrogen (secondary N) is 2. The summed E-state index contributed by atoms with van der Waals surface area (Å²) in [4.78, 5) is 0. The summed E-state index contributed by atoms with van der Waals surface area (Å²) in [6.45, 7) is 4.09. The van der Waals surface area contributed by atoms with E-state index in [0.29, 0.717) is 6.54 Å². The van der Waals surface area contributed by atoms with Crippen LogP contribution in [0.3, 0.4) is 0 Å². The van der Waals surface area contributed by atoms with E-state index in [1.54, 1.807) is 13.1 Å². The van der Waals surface area contributed by atoms with Crippen molar-refractivity contribution in [2.24, 2.45) is 11.5 Å². The van der Waals surface area contributed by atoms with Crippen LogP contribution in [0.2, 0.25) is 0 Å². The first kappa shape index (κ1) is 8.58. The Hall–Kier alpha value is -0.420. The molecule has 0 unspecified atom stereocenters. The van der Waals surface area contributed by atoms with E-state index in [1.807, 2.05) is 0 Å². The Labute approximate surface area is 55.3 Å². The van der Waals surface area contributed by atoms with Gasteiger partial charge in [-0.2, -0.15) is 0 Å². The lowest BCUT2D eigenvalue weighted by Crippen LogP contribution is -2.69. The molecular formula is C5H14N4. The van der Waals surface area contributed by atoms with Gasteiger partial charge in [0.25, 0.3) is 0 Å². The third-order valence-corrected chi connectivity index (χ3v) is 0.953. The summed E-state index contributed by atoms with van der Waals surface area (Å²) in [5, 5.41) is 5.46. The number of hydrogen-bond acceptors (Lipinski definition) is 4. The fourth-order valence-electron chi connectivity index (χ4n) is 0.329. The molecule has 4 nitrogen and oxygen atoms in total. The molecular weight excluding hydrogens is 116 g/mol. The second kappa shape index (κ2) is 3.58. The molecule has 0 aliphatic rings. The Kier molecular flexibility index (Phi) is 3.41. The smallest absolute Gasteiger partial charge is 0.176 e. The zero-order valence-electron chi connectivity index (χ0n) is 5.65. The Morgan fingerprint density at radius 3 is 2.56 bits per heavy atom. The lowest BCUT2D eigenvalue weighted by atomic mass is 10.5. The summed E-state index contributed by atoms with van der Waals surface area (Å²) in [5.74, 6) is -0.978. The first-order valence-corrected chi connectivity index (χ1v) is 2.75. The molecule has 0 heterocycles. The van der Waals surface area contributed by atoms with E-state index in [-0.39, 0.29) is 0 Å². The fourth-order valence-corrected chi connectivity index (χ4v) is 0.329. The van der Waals surface area contributed by atoms with Gasteiger partial charge in [-0.25, -0.2) is 0 Å². The topological polar surface area (TPSA) is 76.1 Å². The lowest BCUT2D eigenvalue weighted by molar-refractivity contribution is 0.307. The van der Waals surface area contributed by atoms with Gasteiger partial charge in [0.1, 0.15) is 0 Å². The predicted molar refractivity (Wildman–Crippen MR) is 38.4 cm³/mol. The van der Waals surface area contributed by atoms with Gasteiger partial charge >= 0.3 is 0 Å². The fraction of sp³-hybridized carbons (Fsp3) is 0.600. The van der Waals surface area contributed by atoms with Crippen molar-refractivity contribution >= 4 is 0 Å². The van der Waals surface area contributed by atoms with Gasteiger partial charge in [0, 0.05) is 6.54 Å². The lowest BCUT2D eigenvalue weighted by Gasteiger charge is -2.23. The Balaban J connectivity index is 3.44. The zero-order chi connectivity index (χ0) is 7.33. The van der Waals surface area contributed by atoms with Gasteiger partial charge in [-0.1, -0.05) is 6.08 Å². The Bertz CT molecular complexity index is 89.0. The number of rotatable bonds is 4. The highest BCUT2D eigenvalue weighted by atomic mass is 15.4. The standard InChI is InChI=1S/C5H14N4/c1-3-4-9-5(6,7)8-2/h3,8-9H,1,4,6-7H2,2H3. The molecule has 0 spiro atoms. The third-order valence-electron chi connectivity index (χ3n) is 0.953. The van der Waals surface area contributed by atoms with Crippen LogP contribution >= 0.6 is 0 Å². The highest BCUT2D eigenvalue weighted by Gasteiger charge is 2.11. The summed E-state index contributed by atoms with van der Waals surface area (Å²) in [7, 11) is 1.68. The molecule has 6 N–H and O–H groups in total. The van der Waals surface area contributed by atoms with Crippen molar-refractivity contribution in [2.45, 2.75) is 5.91 Å². The minimum absolute atomic E-state index is 0.591. The SMILES string of the molecule is C=CCNC(N)(N)NC. The largest absolute Gasteiger partial charge is 0.288 e. The maximum absolute atomic E-state index is 5.41. The second-order valence-electron chi connectivity index (χ2n) is 1.79. The molecule has 0 bridgehead atoms. The minimum Gasteiger partial charge on any atom is -0.288 e. The van der Waals surface area contributed by atoms with Crippen molar-refractivity contribution in [3.05, 3.63) is 12.7 Å². The molecule has 0 aromatic carbocycles. The van der Waals surface area contributed by atoms with Crippen LogP contribution in [0.25, 0.3) is 0 Å². The molecule has 0 rings (SSSR count). The monoisotopic (exact) mass is 130 g/mol. The first-order valence-electron chi connectivity index (χ1n) is 2.75. The van der Waals surface area contributed by atoms with Crippen LogP contribution < -0.4 is 22.1 Å². The van der Waals surface area contributed by atoms with Crippen molar-refractivity contribution in [1.29, 1.82) is 0 Å². The normalized spacial score (nSPS) is 11.4. The molecule has 0 fully saturated rings. The van der Waals surface area contributed by atoms with Crippen molar-refractivity contribution in [2.75, 3.05) is 13.6 Å². The molecule has 0 saturated carbocycles. The van der Waals surface area contributed by atoms with Crippen LogP contribution in [0, 0.1) is 0 Å². The summed E-state index contributed by atoms with van der Waals surface area (Å²) >= 11 is 0. The predicted octanol–water partition coefficient (Wildman–Crippen LogP) is -1.49. The summed E-state index contributed by atoms with van der Waals surface area (Å²) in [6.07, 6.45) is 1.69. The average Bonchev–Trinajstić information content (AvgIpc) is 1.84. The van der Waals surface area contributed by atoms with Crippen LogP contribution in [0.4, 0.5) is 0 Å². The van der Waals surface area contributed by atoms with E-state index in [0.717, 1.165) is 0 Å². The van der Waals surface area contributed by atoms with Crippen LogP contribution in [0.1, 0.15) is 0 Å². The van der Waals surface area contributed by atoms with E-state index in [9.17, 15) is 0 Å². The average molecular weight is 130 g/mol. The van der Waals surface area contributed by atoms with Gasteiger partial charge in [0.15, 0.2) is 5.91 Å². The quantitative estimate of drug-likeness (QED) is 0.276. The van der Waals surface area contributed by atoms with Gasteiger partial charge in [0.05, 0.1) is 0 Å². The maximum Gasteiger partial charge on any atom is 0.176 e. The van der Waals surface area contributed by atoms with Gasteiger partial charge in [-0.05, 0) is 7.05 Å². The molecule has 0 atom stereocenters. The van der Waals surface area contributed by atoms with Crippen molar-refractivity contribution in [1.82, 2.24) is 10.6 Å². The van der Waals surface area contributed by atoms with Gasteiger partial charge in [-0.15, -0.1) is 6.58 Å². The van der Waals surface area contributed by atoms with E-state index < -0.39 is 5.91 Å². The first-order chi connectivity index (χ1) is 4.12. The molecule has 54 valence electrons. The highest BCUT2D eigenvalue weighted by molar-refractivity contribution is 4.76. The number of hydrogen-bond donors (Lipinski definition) is 4. The summed E-state index contributed by atoms with van der Waals surface area (Å²) < 4.78 is 0. The summed E-state index contributed by atoms with van der Waals surface area (Å²) in [5.41, 5.74) is 10.8. The molecule has 0 aromatic rings. The Morgan fingerprint density at radius 2 is 2.22 bits per heavy atom. The zero-order valence-corrected chi connectivity index (χ0v) is 5.65. The molecule has 0 aliphatic carbocycles.